The summed E-state index contributed by atoms with van der Waals surface area (Å²) in [7, 11) is 4.36. The van der Waals surface area contributed by atoms with Gasteiger partial charge in [-0.25, -0.2) is 0 Å². The van der Waals surface area contributed by atoms with Gasteiger partial charge in [0.1, 0.15) is 0 Å². The van der Waals surface area contributed by atoms with Gasteiger partial charge in [-0.2, -0.15) is 0 Å². The minimum Gasteiger partial charge on any atom is -0.310 e. The van der Waals surface area contributed by atoms with E-state index in [1.54, 1.807) is 0 Å². The number of unbranched alkanes of at least 4 members (excludes halogenated alkanes) is 4. The van der Waals surface area contributed by atoms with Crippen molar-refractivity contribution in [2.24, 2.45) is 5.92 Å². The van der Waals surface area contributed by atoms with Gasteiger partial charge in [0.2, 0.25) is 0 Å². The molecule has 0 spiro atoms. The van der Waals surface area contributed by atoms with Gasteiger partial charge in [0.15, 0.2) is 0 Å². The Morgan fingerprint density at radius 2 is 1.35 bits per heavy atom. The molecule has 0 aliphatic heterocycles. The quantitative estimate of drug-likeness (QED) is 0.494. The lowest BCUT2D eigenvalue weighted by Crippen LogP contribution is -2.47. The summed E-state index contributed by atoms with van der Waals surface area (Å²) in [5.41, 5.74) is 0. The van der Waals surface area contributed by atoms with Crippen LogP contribution in [-0.4, -0.2) is 37.6 Å². The van der Waals surface area contributed by atoms with E-state index in [0.29, 0.717) is 12.0 Å². The first-order valence-corrected chi connectivity index (χ1v) is 8.91. The molecule has 0 fully saturated rings. The first-order valence-electron chi connectivity index (χ1n) is 8.91. The molecule has 1 atom stereocenters. The molecule has 0 saturated carbocycles. The minimum atomic E-state index is 0.623. The Hall–Kier alpha value is -0.0800. The maximum atomic E-state index is 3.96. The second-order valence-electron chi connectivity index (χ2n) is 6.97. The van der Waals surface area contributed by atoms with Crippen molar-refractivity contribution >= 4 is 0 Å². The van der Waals surface area contributed by atoms with E-state index in [2.05, 4.69) is 52.0 Å². The fraction of sp³-hybridized carbons (Fsp3) is 1.00. The Kier molecular flexibility index (Phi) is 12.6. The SMILES string of the molecule is CCCCCC(CCCCC)NC(CN(C)C)C(C)C. The molecule has 0 rings (SSSR count). The third-order valence-corrected chi connectivity index (χ3v) is 4.13. The third kappa shape index (κ3) is 10.7. The highest BCUT2D eigenvalue weighted by Crippen LogP contribution is 2.14. The van der Waals surface area contributed by atoms with E-state index in [4.69, 9.17) is 0 Å². The molecule has 0 aromatic carbocycles. The van der Waals surface area contributed by atoms with E-state index < -0.39 is 0 Å². The fourth-order valence-electron chi connectivity index (χ4n) is 2.74. The van der Waals surface area contributed by atoms with Crippen molar-refractivity contribution in [1.82, 2.24) is 10.2 Å². The smallest absolute Gasteiger partial charge is 0.0220 e. The molecule has 0 aliphatic carbocycles. The van der Waals surface area contributed by atoms with E-state index in [1.807, 2.05) is 0 Å². The van der Waals surface area contributed by atoms with Gasteiger partial charge < -0.3 is 10.2 Å². The molecule has 0 radical (unpaired) electrons. The summed E-state index contributed by atoms with van der Waals surface area (Å²) in [4.78, 5) is 2.31. The zero-order valence-corrected chi connectivity index (χ0v) is 15.0. The third-order valence-electron chi connectivity index (χ3n) is 4.13. The van der Waals surface area contributed by atoms with Gasteiger partial charge in [0, 0.05) is 18.6 Å². The summed E-state index contributed by atoms with van der Waals surface area (Å²) in [5.74, 6) is 0.706. The molecule has 0 saturated heterocycles. The molecule has 1 N–H and O–H groups in total. The second kappa shape index (κ2) is 12.6. The molecule has 2 nitrogen and oxygen atoms in total. The summed E-state index contributed by atoms with van der Waals surface area (Å²) in [6, 6.07) is 1.35. The van der Waals surface area contributed by atoms with E-state index in [-0.39, 0.29) is 0 Å². The average molecular weight is 285 g/mol. The molecular weight excluding hydrogens is 244 g/mol. The predicted molar refractivity (Wildman–Crippen MR) is 92.4 cm³/mol. The molecule has 20 heavy (non-hydrogen) atoms. The number of rotatable bonds is 13. The van der Waals surface area contributed by atoms with Gasteiger partial charge >= 0.3 is 0 Å². The van der Waals surface area contributed by atoms with E-state index in [9.17, 15) is 0 Å². The van der Waals surface area contributed by atoms with Crippen molar-refractivity contribution in [2.75, 3.05) is 20.6 Å². The second-order valence-corrected chi connectivity index (χ2v) is 6.97. The Labute approximate surface area is 128 Å². The molecular formula is C18H40N2. The zero-order chi connectivity index (χ0) is 15.4. The van der Waals surface area contributed by atoms with Crippen LogP contribution in [0.15, 0.2) is 0 Å². The molecule has 0 bridgehead atoms. The van der Waals surface area contributed by atoms with Crippen LogP contribution in [0, 0.1) is 5.92 Å². The molecule has 2 heteroatoms. The topological polar surface area (TPSA) is 15.3 Å². The van der Waals surface area contributed by atoms with Crippen LogP contribution >= 0.6 is 0 Å². The molecule has 0 aromatic heterocycles. The van der Waals surface area contributed by atoms with Crippen molar-refractivity contribution in [3.05, 3.63) is 0 Å². The largest absolute Gasteiger partial charge is 0.310 e. The van der Waals surface area contributed by atoms with Crippen LogP contribution in [0.1, 0.15) is 79.1 Å². The highest BCUT2D eigenvalue weighted by Gasteiger charge is 2.18. The van der Waals surface area contributed by atoms with Gasteiger partial charge in [-0.05, 0) is 32.9 Å². The monoisotopic (exact) mass is 284 g/mol. The first kappa shape index (κ1) is 19.9. The zero-order valence-electron chi connectivity index (χ0n) is 15.0. The van der Waals surface area contributed by atoms with Crippen LogP contribution in [0.25, 0.3) is 0 Å². The van der Waals surface area contributed by atoms with E-state index in [1.165, 1.54) is 51.4 Å². The van der Waals surface area contributed by atoms with Crippen LogP contribution in [0.2, 0.25) is 0 Å². The lowest BCUT2D eigenvalue weighted by Gasteiger charge is -2.31. The number of nitrogens with one attached hydrogen (secondary N) is 1. The number of hydrogen-bond donors (Lipinski definition) is 1. The van der Waals surface area contributed by atoms with Crippen molar-refractivity contribution in [2.45, 2.75) is 91.1 Å². The van der Waals surface area contributed by atoms with Crippen LogP contribution in [0.4, 0.5) is 0 Å². The summed E-state index contributed by atoms with van der Waals surface area (Å²) in [5, 5.41) is 3.96. The van der Waals surface area contributed by atoms with Gasteiger partial charge in [0.05, 0.1) is 0 Å². The number of nitrogens with zero attached hydrogens (tertiary/aromatic N) is 1. The van der Waals surface area contributed by atoms with E-state index >= 15 is 0 Å². The van der Waals surface area contributed by atoms with Gasteiger partial charge in [-0.1, -0.05) is 66.2 Å². The van der Waals surface area contributed by atoms with Crippen molar-refractivity contribution < 1.29 is 0 Å². The van der Waals surface area contributed by atoms with Crippen LogP contribution in [-0.2, 0) is 0 Å². The molecule has 0 aromatic rings. The number of hydrogen-bond acceptors (Lipinski definition) is 2. The highest BCUT2D eigenvalue weighted by molar-refractivity contribution is 4.79. The standard InChI is InChI=1S/C18H40N2/c1-7-9-11-13-17(14-12-10-8-2)19-18(16(3)4)15-20(5)6/h16-19H,7-15H2,1-6H3. The van der Waals surface area contributed by atoms with Crippen molar-refractivity contribution in [3.8, 4) is 0 Å². The Balaban J connectivity index is 4.31. The number of likely N-dealkylation sites (N-methyl/N-ethyl adjacent to an activating group) is 1. The van der Waals surface area contributed by atoms with Gasteiger partial charge in [0.25, 0.3) is 0 Å². The minimum absolute atomic E-state index is 0.623. The highest BCUT2D eigenvalue weighted by atomic mass is 15.1. The maximum Gasteiger partial charge on any atom is 0.0220 e. The van der Waals surface area contributed by atoms with Crippen LogP contribution < -0.4 is 5.32 Å². The van der Waals surface area contributed by atoms with Crippen LogP contribution in [0.5, 0.6) is 0 Å². The molecule has 0 heterocycles. The van der Waals surface area contributed by atoms with Crippen molar-refractivity contribution in [1.29, 1.82) is 0 Å². The van der Waals surface area contributed by atoms with Crippen molar-refractivity contribution in [3.63, 3.8) is 0 Å². The Morgan fingerprint density at radius 1 is 0.850 bits per heavy atom. The first-order chi connectivity index (χ1) is 9.51. The summed E-state index contributed by atoms with van der Waals surface area (Å²) in [6.07, 6.45) is 10.9. The molecule has 122 valence electrons. The summed E-state index contributed by atoms with van der Waals surface area (Å²) < 4.78 is 0. The average Bonchev–Trinajstić information content (AvgIpc) is 2.37. The van der Waals surface area contributed by atoms with Crippen LogP contribution in [0.3, 0.4) is 0 Å². The summed E-state index contributed by atoms with van der Waals surface area (Å²) >= 11 is 0. The Morgan fingerprint density at radius 3 is 1.70 bits per heavy atom. The lowest BCUT2D eigenvalue weighted by molar-refractivity contribution is 0.255. The van der Waals surface area contributed by atoms with Gasteiger partial charge in [-0.15, -0.1) is 0 Å². The molecule has 0 amide bonds. The molecule has 0 aliphatic rings. The maximum absolute atomic E-state index is 3.96. The van der Waals surface area contributed by atoms with Gasteiger partial charge in [-0.3, -0.25) is 0 Å². The Bertz CT molecular complexity index is 192. The van der Waals surface area contributed by atoms with E-state index in [0.717, 1.165) is 12.6 Å². The predicted octanol–water partition coefficient (Wildman–Crippen LogP) is 4.69. The normalized spacial score (nSPS) is 13.7. The molecule has 1 unspecified atom stereocenters. The summed E-state index contributed by atoms with van der Waals surface area (Å²) in [6.45, 7) is 10.4. The fourth-order valence-corrected chi connectivity index (χ4v) is 2.74. The lowest BCUT2D eigenvalue weighted by atomic mass is 9.97.